The van der Waals surface area contributed by atoms with E-state index >= 15 is 0 Å². The Kier molecular flexibility index (Phi) is 5.86. The van der Waals surface area contributed by atoms with Crippen molar-refractivity contribution in [2.24, 2.45) is 0 Å². The minimum Gasteiger partial charge on any atom is -0.391 e. The Morgan fingerprint density at radius 2 is 2.30 bits per heavy atom. The topological polar surface area (TPSA) is 53.4 Å². The van der Waals surface area contributed by atoms with Crippen LogP contribution in [0.1, 0.15) is 36.4 Å². The van der Waals surface area contributed by atoms with Crippen molar-refractivity contribution in [3.63, 3.8) is 0 Å². The van der Waals surface area contributed by atoms with E-state index in [1.165, 1.54) is 0 Å². The van der Waals surface area contributed by atoms with Gasteiger partial charge in [-0.05, 0) is 19.8 Å². The lowest BCUT2D eigenvalue weighted by atomic mass is 9.91. The van der Waals surface area contributed by atoms with Gasteiger partial charge in [0.2, 0.25) is 5.91 Å². The summed E-state index contributed by atoms with van der Waals surface area (Å²) in [6, 6.07) is -0.00151. The molecule has 1 aliphatic carbocycles. The van der Waals surface area contributed by atoms with Crippen molar-refractivity contribution in [1.29, 1.82) is 0 Å². The summed E-state index contributed by atoms with van der Waals surface area (Å²) in [5.41, 5.74) is 1.05. The number of aliphatic hydroxyl groups excluding tert-OH is 1. The van der Waals surface area contributed by atoms with Crippen molar-refractivity contribution in [3.8, 4) is 0 Å². The van der Waals surface area contributed by atoms with Gasteiger partial charge in [0.15, 0.2) is 0 Å². The maximum Gasteiger partial charge on any atom is 0.232 e. The molecule has 0 bridgehead atoms. The van der Waals surface area contributed by atoms with E-state index in [-0.39, 0.29) is 18.1 Å². The van der Waals surface area contributed by atoms with Crippen molar-refractivity contribution in [3.05, 3.63) is 16.1 Å². The molecule has 1 saturated carbocycles. The summed E-state index contributed by atoms with van der Waals surface area (Å²) in [7, 11) is 1.81. The van der Waals surface area contributed by atoms with E-state index in [4.69, 9.17) is 0 Å². The zero-order valence-electron chi connectivity index (χ0n) is 12.0. The number of carbonyl (C=O) groups excluding carboxylic acids is 1. The molecule has 1 heterocycles. The van der Waals surface area contributed by atoms with Crippen LogP contribution in [-0.2, 0) is 10.5 Å². The van der Waals surface area contributed by atoms with Crippen LogP contribution in [0.4, 0.5) is 0 Å². The first-order valence-corrected chi connectivity index (χ1v) is 9.04. The van der Waals surface area contributed by atoms with Crippen LogP contribution < -0.4 is 0 Å². The molecule has 112 valence electrons. The van der Waals surface area contributed by atoms with Gasteiger partial charge in [0.05, 0.1) is 28.6 Å². The number of hydrogen-bond acceptors (Lipinski definition) is 5. The van der Waals surface area contributed by atoms with Gasteiger partial charge in [0.25, 0.3) is 0 Å². The Labute approximate surface area is 128 Å². The zero-order valence-corrected chi connectivity index (χ0v) is 13.7. The maximum atomic E-state index is 12.2. The predicted molar refractivity (Wildman–Crippen MR) is 84.0 cm³/mol. The number of nitrogens with zero attached hydrogens (tertiary/aromatic N) is 2. The van der Waals surface area contributed by atoms with Gasteiger partial charge in [0, 0.05) is 18.2 Å². The highest BCUT2D eigenvalue weighted by Crippen LogP contribution is 2.23. The molecule has 1 aliphatic rings. The minimum atomic E-state index is -0.358. The van der Waals surface area contributed by atoms with Crippen molar-refractivity contribution < 1.29 is 9.90 Å². The fraction of sp³-hybridized carbons (Fsp3) is 0.714. The molecule has 1 aromatic rings. The minimum absolute atomic E-state index is 0.00151. The van der Waals surface area contributed by atoms with Crippen LogP contribution in [0.25, 0.3) is 0 Å². The molecular weight excluding hydrogens is 292 g/mol. The van der Waals surface area contributed by atoms with E-state index in [0.29, 0.717) is 5.75 Å². The lowest BCUT2D eigenvalue weighted by Gasteiger charge is -2.35. The molecule has 6 heteroatoms. The van der Waals surface area contributed by atoms with Gasteiger partial charge in [-0.25, -0.2) is 4.98 Å². The second kappa shape index (κ2) is 7.43. The fourth-order valence-corrected chi connectivity index (χ4v) is 4.10. The molecular formula is C14H22N2O2S2. The number of carbonyl (C=O) groups is 1. The molecule has 1 N–H and O–H groups in total. The van der Waals surface area contributed by atoms with Crippen molar-refractivity contribution in [2.75, 3.05) is 12.8 Å². The van der Waals surface area contributed by atoms with Crippen LogP contribution in [0.2, 0.25) is 0 Å². The second-order valence-corrected chi connectivity index (χ2v) is 7.32. The molecule has 4 nitrogen and oxygen atoms in total. The SMILES string of the molecule is Cc1nc(CSCC(=O)N(C)C2CCCCC2O)cs1. The number of thioether (sulfide) groups is 1. The number of amides is 1. The summed E-state index contributed by atoms with van der Waals surface area (Å²) in [6.45, 7) is 1.99. The zero-order chi connectivity index (χ0) is 14.5. The standard InChI is InChI=1S/C14H22N2O2S2/c1-10-15-11(8-20-10)7-19-9-14(18)16(2)12-5-3-4-6-13(12)17/h8,12-13,17H,3-7,9H2,1-2H3. The van der Waals surface area contributed by atoms with Gasteiger partial charge < -0.3 is 10.0 Å². The summed E-state index contributed by atoms with van der Waals surface area (Å²) in [6.07, 6.45) is 3.54. The van der Waals surface area contributed by atoms with E-state index < -0.39 is 0 Å². The summed E-state index contributed by atoms with van der Waals surface area (Å²) in [5.74, 6) is 1.33. The number of aromatic nitrogens is 1. The predicted octanol–water partition coefficient (Wildman–Crippen LogP) is 2.45. The highest BCUT2D eigenvalue weighted by atomic mass is 32.2. The molecule has 0 aromatic carbocycles. The average molecular weight is 314 g/mol. The normalized spacial score (nSPS) is 22.8. The monoisotopic (exact) mass is 314 g/mol. The highest BCUT2D eigenvalue weighted by molar-refractivity contribution is 7.99. The molecule has 2 unspecified atom stereocenters. The Morgan fingerprint density at radius 1 is 1.55 bits per heavy atom. The number of aryl methyl sites for hydroxylation is 1. The van der Waals surface area contributed by atoms with Crippen LogP contribution in [0.5, 0.6) is 0 Å². The smallest absolute Gasteiger partial charge is 0.232 e. The van der Waals surface area contributed by atoms with Gasteiger partial charge in [-0.3, -0.25) is 4.79 Å². The summed E-state index contributed by atoms with van der Waals surface area (Å²) < 4.78 is 0. The van der Waals surface area contributed by atoms with E-state index in [1.54, 1.807) is 28.0 Å². The third-order valence-corrected chi connectivity index (χ3v) is 5.50. The fourth-order valence-electron chi connectivity index (χ4n) is 2.55. The number of rotatable bonds is 5. The van der Waals surface area contributed by atoms with Crippen molar-refractivity contribution in [1.82, 2.24) is 9.88 Å². The molecule has 0 aliphatic heterocycles. The average Bonchev–Trinajstić information content (AvgIpc) is 2.84. The Balaban J connectivity index is 1.76. The molecule has 0 spiro atoms. The molecule has 2 rings (SSSR count). The molecule has 2 atom stereocenters. The van der Waals surface area contributed by atoms with E-state index in [2.05, 4.69) is 4.98 Å². The summed E-state index contributed by atoms with van der Waals surface area (Å²) in [5, 5.41) is 13.1. The molecule has 1 fully saturated rings. The lowest BCUT2D eigenvalue weighted by molar-refractivity contribution is -0.132. The van der Waals surface area contributed by atoms with Gasteiger partial charge in [0.1, 0.15) is 0 Å². The van der Waals surface area contributed by atoms with E-state index in [9.17, 15) is 9.90 Å². The summed E-state index contributed by atoms with van der Waals surface area (Å²) >= 11 is 3.23. The first-order chi connectivity index (χ1) is 9.58. The van der Waals surface area contributed by atoms with Gasteiger partial charge >= 0.3 is 0 Å². The van der Waals surface area contributed by atoms with Crippen LogP contribution in [0.15, 0.2) is 5.38 Å². The largest absolute Gasteiger partial charge is 0.391 e. The van der Waals surface area contributed by atoms with Gasteiger partial charge in [-0.2, -0.15) is 0 Å². The van der Waals surface area contributed by atoms with Gasteiger partial charge in [-0.1, -0.05) is 12.8 Å². The van der Waals surface area contributed by atoms with Gasteiger partial charge in [-0.15, -0.1) is 23.1 Å². The quantitative estimate of drug-likeness (QED) is 0.907. The molecule has 1 aromatic heterocycles. The molecule has 0 radical (unpaired) electrons. The van der Waals surface area contributed by atoms with E-state index in [1.807, 2.05) is 19.4 Å². The molecule has 20 heavy (non-hydrogen) atoms. The maximum absolute atomic E-state index is 12.2. The number of thiazole rings is 1. The Hall–Kier alpha value is -0.590. The highest BCUT2D eigenvalue weighted by Gasteiger charge is 2.29. The number of aliphatic hydroxyl groups is 1. The molecule has 0 saturated heterocycles. The lowest BCUT2D eigenvalue weighted by Crippen LogP contribution is -2.46. The Bertz CT molecular complexity index is 450. The molecule has 1 amide bonds. The van der Waals surface area contributed by atoms with Crippen molar-refractivity contribution in [2.45, 2.75) is 50.5 Å². The number of likely N-dealkylation sites (N-methyl/N-ethyl adjacent to an activating group) is 1. The second-order valence-electron chi connectivity index (χ2n) is 5.27. The third-order valence-electron chi connectivity index (χ3n) is 3.73. The first-order valence-electron chi connectivity index (χ1n) is 7.00. The third kappa shape index (κ3) is 4.20. The van der Waals surface area contributed by atoms with E-state index in [0.717, 1.165) is 42.1 Å². The Morgan fingerprint density at radius 3 is 2.95 bits per heavy atom. The van der Waals surface area contributed by atoms with Crippen LogP contribution >= 0.6 is 23.1 Å². The summed E-state index contributed by atoms with van der Waals surface area (Å²) in [4.78, 5) is 18.3. The van der Waals surface area contributed by atoms with Crippen LogP contribution in [0, 0.1) is 6.92 Å². The van der Waals surface area contributed by atoms with Crippen LogP contribution in [0.3, 0.4) is 0 Å². The first kappa shape index (κ1) is 15.8. The van der Waals surface area contributed by atoms with Crippen LogP contribution in [-0.4, -0.2) is 45.8 Å². The number of hydrogen-bond donors (Lipinski definition) is 1. The van der Waals surface area contributed by atoms with Crippen molar-refractivity contribution >= 4 is 29.0 Å².